The number of phosphoric ester groups is 1. The molecule has 1 N–H and O–H groups in total. The number of rotatable bonds is 58. The van der Waals surface area contributed by atoms with Crippen molar-refractivity contribution in [3.05, 3.63) is 60.8 Å². The van der Waals surface area contributed by atoms with Gasteiger partial charge in [0.05, 0.1) is 33.8 Å². The first kappa shape index (κ1) is 73.7. The summed E-state index contributed by atoms with van der Waals surface area (Å²) in [5, 5.41) is 3.02. The molecule has 76 heavy (non-hydrogen) atoms. The molecule has 0 saturated heterocycles. The summed E-state index contributed by atoms with van der Waals surface area (Å²) in [7, 11) is 1.18. The summed E-state index contributed by atoms with van der Waals surface area (Å²) >= 11 is 0. The Balaban J connectivity index is 5.15. The minimum atomic E-state index is -4.70. The van der Waals surface area contributed by atoms with Gasteiger partial charge in [-0.1, -0.05) is 249 Å². The van der Waals surface area contributed by atoms with Crippen molar-refractivity contribution in [3.63, 3.8) is 0 Å². The smallest absolute Gasteiger partial charge is 0.306 e. The number of nitrogens with one attached hydrogen (secondary N) is 1. The van der Waals surface area contributed by atoms with Crippen LogP contribution in [-0.4, -0.2) is 69.4 Å². The predicted molar refractivity (Wildman–Crippen MR) is 325 cm³/mol. The molecule has 0 radical (unpaired) electrons. The summed E-state index contributed by atoms with van der Waals surface area (Å²) in [5.74, 6) is -0.550. The standard InChI is InChI=1S/C66H123N2O7P/c1-7-10-13-16-19-22-25-27-29-31-32-33-34-35-36-37-39-41-44-47-50-53-56-59-66(70)75-64(57-54-51-48-45-42-24-21-18-15-12-9-3)63(62-74-76(71,72)73-61-60-68(4,5)6)67-65(69)58-55-52-49-46-43-40-38-30-28-26-23-20-17-14-11-8-2/h19,22,27,29-30,32-33,38,54,57,63-64H,7-18,20-21,23-26,28,31,34-37,39-53,55-56,58-62H2,1-6H3,(H-,67,69,71,72)/b22-19-,29-27-,33-32-,38-30+,57-54-. The first-order valence-electron chi connectivity index (χ1n) is 32.1. The van der Waals surface area contributed by atoms with Crippen molar-refractivity contribution in [2.24, 2.45) is 0 Å². The van der Waals surface area contributed by atoms with Gasteiger partial charge in [-0.15, -0.1) is 0 Å². The molecule has 0 aromatic rings. The molecule has 9 nitrogen and oxygen atoms in total. The quantitative estimate of drug-likeness (QED) is 0.0212. The second-order valence-corrected chi connectivity index (χ2v) is 24.3. The average molecular weight is 1090 g/mol. The van der Waals surface area contributed by atoms with E-state index in [4.69, 9.17) is 13.8 Å². The minimum Gasteiger partial charge on any atom is -0.756 e. The third kappa shape index (κ3) is 56.4. The highest BCUT2D eigenvalue weighted by atomic mass is 31.2. The topological polar surface area (TPSA) is 114 Å². The summed E-state index contributed by atoms with van der Waals surface area (Å²) in [6, 6.07) is -0.894. The molecule has 444 valence electrons. The Hall–Kier alpha value is -2.29. The predicted octanol–water partition coefficient (Wildman–Crippen LogP) is 19.2. The van der Waals surface area contributed by atoms with E-state index in [-0.39, 0.29) is 24.9 Å². The van der Waals surface area contributed by atoms with Gasteiger partial charge in [0.2, 0.25) is 5.91 Å². The number of unbranched alkanes of at least 4 members (excludes halogenated alkanes) is 34. The Bertz CT molecular complexity index is 1490. The molecule has 0 heterocycles. The summed E-state index contributed by atoms with van der Waals surface area (Å²) < 4.78 is 30.3. The lowest BCUT2D eigenvalue weighted by Crippen LogP contribution is -2.47. The Morgan fingerprint density at radius 1 is 0.461 bits per heavy atom. The molecule has 3 unspecified atom stereocenters. The molecule has 10 heteroatoms. The summed E-state index contributed by atoms with van der Waals surface area (Å²) in [4.78, 5) is 40.0. The van der Waals surface area contributed by atoms with E-state index in [1.807, 2.05) is 33.3 Å². The van der Waals surface area contributed by atoms with Crippen LogP contribution in [-0.2, 0) is 27.9 Å². The number of hydrogen-bond donors (Lipinski definition) is 1. The number of carbonyl (C=O) groups excluding carboxylic acids is 2. The zero-order chi connectivity index (χ0) is 55.7. The number of likely N-dealkylation sites (N-methyl/N-ethyl adjacent to an activating group) is 1. The van der Waals surface area contributed by atoms with Gasteiger partial charge in [-0.3, -0.25) is 14.2 Å². The number of nitrogens with zero attached hydrogens (tertiary/aromatic N) is 1. The second-order valence-electron chi connectivity index (χ2n) is 22.9. The molecule has 0 aliphatic rings. The molecule has 0 aliphatic carbocycles. The first-order chi connectivity index (χ1) is 36.9. The molecular weight excluding hydrogens is 964 g/mol. The Morgan fingerprint density at radius 2 is 0.803 bits per heavy atom. The third-order valence-corrected chi connectivity index (χ3v) is 15.1. The highest BCUT2D eigenvalue weighted by Crippen LogP contribution is 2.38. The second kappa shape index (κ2) is 56.0. The molecule has 0 fully saturated rings. The van der Waals surface area contributed by atoms with E-state index in [2.05, 4.69) is 74.7 Å². The van der Waals surface area contributed by atoms with Gasteiger partial charge in [0.25, 0.3) is 7.82 Å². The number of phosphoric acid groups is 1. The van der Waals surface area contributed by atoms with Crippen LogP contribution in [0.15, 0.2) is 60.8 Å². The highest BCUT2D eigenvalue weighted by molar-refractivity contribution is 7.45. The van der Waals surface area contributed by atoms with E-state index in [1.165, 1.54) is 173 Å². The van der Waals surface area contributed by atoms with Crippen LogP contribution in [0.25, 0.3) is 0 Å². The summed E-state index contributed by atoms with van der Waals surface area (Å²) in [6.07, 6.45) is 70.4. The van der Waals surface area contributed by atoms with Crippen molar-refractivity contribution < 1.29 is 37.3 Å². The highest BCUT2D eigenvalue weighted by Gasteiger charge is 2.27. The van der Waals surface area contributed by atoms with Crippen LogP contribution in [0.3, 0.4) is 0 Å². The molecular formula is C66H123N2O7P. The molecule has 0 spiro atoms. The van der Waals surface area contributed by atoms with Gasteiger partial charge in [-0.05, 0) is 96.0 Å². The van der Waals surface area contributed by atoms with Crippen molar-refractivity contribution in [2.75, 3.05) is 40.9 Å². The van der Waals surface area contributed by atoms with Crippen LogP contribution >= 0.6 is 7.82 Å². The third-order valence-electron chi connectivity index (χ3n) is 14.2. The van der Waals surface area contributed by atoms with Gasteiger partial charge in [0, 0.05) is 12.8 Å². The van der Waals surface area contributed by atoms with E-state index in [0.717, 1.165) is 89.9 Å². The molecule has 0 aliphatic heterocycles. The maximum Gasteiger partial charge on any atom is 0.306 e. The fourth-order valence-electron chi connectivity index (χ4n) is 9.17. The number of ether oxygens (including phenoxy) is 1. The molecule has 0 saturated carbocycles. The molecule has 1 amide bonds. The lowest BCUT2D eigenvalue weighted by molar-refractivity contribution is -0.870. The molecule has 0 rings (SSSR count). The Kier molecular flexibility index (Phi) is 54.3. The molecule has 0 bridgehead atoms. The van der Waals surface area contributed by atoms with Gasteiger partial charge >= 0.3 is 5.97 Å². The van der Waals surface area contributed by atoms with Gasteiger partial charge in [-0.25, -0.2) is 0 Å². The number of quaternary nitrogens is 1. The fourth-order valence-corrected chi connectivity index (χ4v) is 9.89. The van der Waals surface area contributed by atoms with Crippen molar-refractivity contribution in [3.8, 4) is 0 Å². The van der Waals surface area contributed by atoms with Gasteiger partial charge in [0.1, 0.15) is 19.3 Å². The van der Waals surface area contributed by atoms with E-state index >= 15 is 0 Å². The number of amides is 1. The number of esters is 1. The summed E-state index contributed by atoms with van der Waals surface area (Å²) in [5.41, 5.74) is 0. The number of hydrogen-bond acceptors (Lipinski definition) is 7. The Morgan fingerprint density at radius 3 is 1.24 bits per heavy atom. The van der Waals surface area contributed by atoms with E-state index in [1.54, 1.807) is 0 Å². The minimum absolute atomic E-state index is 0.0251. The van der Waals surface area contributed by atoms with E-state index in [0.29, 0.717) is 17.4 Å². The number of carbonyl (C=O) groups is 2. The van der Waals surface area contributed by atoms with Gasteiger partial charge < -0.3 is 28.5 Å². The van der Waals surface area contributed by atoms with Crippen LogP contribution in [0.4, 0.5) is 0 Å². The van der Waals surface area contributed by atoms with Crippen LogP contribution in [0.2, 0.25) is 0 Å². The zero-order valence-electron chi connectivity index (χ0n) is 50.7. The van der Waals surface area contributed by atoms with E-state index in [9.17, 15) is 19.0 Å². The monoisotopic (exact) mass is 1090 g/mol. The average Bonchev–Trinajstić information content (AvgIpc) is 3.38. The molecule has 3 atom stereocenters. The van der Waals surface area contributed by atoms with Gasteiger partial charge in [0.15, 0.2) is 0 Å². The maximum absolute atomic E-state index is 13.5. The van der Waals surface area contributed by atoms with Crippen LogP contribution in [0.5, 0.6) is 0 Å². The SMILES string of the molecule is CCCCC/C=C\C/C=C\C/C=C\CCCCCCCCCCCCC(=O)OC(/C=C\CCCCCCCCCCC)C(COP(=O)([O-])OCC[N+](C)(C)C)NC(=O)CCCCCCC/C=C/CCCCCCCCC. The fraction of sp³-hybridized carbons (Fsp3) is 0.818. The number of allylic oxidation sites excluding steroid dienone is 9. The van der Waals surface area contributed by atoms with Crippen molar-refractivity contribution >= 4 is 19.7 Å². The van der Waals surface area contributed by atoms with Crippen LogP contribution < -0.4 is 10.2 Å². The lowest BCUT2D eigenvalue weighted by atomic mass is 10.0. The zero-order valence-corrected chi connectivity index (χ0v) is 51.6. The normalized spacial score (nSPS) is 14.0. The van der Waals surface area contributed by atoms with Crippen LogP contribution in [0, 0.1) is 0 Å². The molecule has 0 aromatic carbocycles. The van der Waals surface area contributed by atoms with E-state index < -0.39 is 26.6 Å². The summed E-state index contributed by atoms with van der Waals surface area (Å²) in [6.45, 7) is 6.82. The maximum atomic E-state index is 13.5. The van der Waals surface area contributed by atoms with Crippen molar-refractivity contribution in [1.29, 1.82) is 0 Å². The lowest BCUT2D eigenvalue weighted by Gasteiger charge is -2.30. The van der Waals surface area contributed by atoms with Crippen molar-refractivity contribution in [2.45, 2.75) is 309 Å². The van der Waals surface area contributed by atoms with Gasteiger partial charge in [-0.2, -0.15) is 0 Å². The van der Waals surface area contributed by atoms with Crippen molar-refractivity contribution in [1.82, 2.24) is 5.32 Å². The molecule has 0 aromatic heterocycles. The Labute approximate surface area is 471 Å². The van der Waals surface area contributed by atoms with Crippen LogP contribution in [0.1, 0.15) is 297 Å². The first-order valence-corrected chi connectivity index (χ1v) is 33.6. The largest absolute Gasteiger partial charge is 0.756 e.